The lowest BCUT2D eigenvalue weighted by molar-refractivity contribution is -0.134. The minimum Gasteiger partial charge on any atom is -0.493 e. The molecule has 0 atom stereocenters. The van der Waals surface area contributed by atoms with Gasteiger partial charge in [-0.1, -0.05) is 24.3 Å². The molecule has 1 heterocycles. The summed E-state index contributed by atoms with van der Waals surface area (Å²) in [6.07, 6.45) is 6.31. The summed E-state index contributed by atoms with van der Waals surface area (Å²) in [7, 11) is 4.71. The van der Waals surface area contributed by atoms with Gasteiger partial charge in [-0.3, -0.25) is 9.78 Å². The second-order valence-corrected chi connectivity index (χ2v) is 6.66. The van der Waals surface area contributed by atoms with Crippen molar-refractivity contribution in [3.05, 3.63) is 77.6 Å². The molecule has 2 aromatic carbocycles. The molecule has 0 radical (unpaired) electrons. The molecule has 0 aliphatic carbocycles. The second-order valence-electron chi connectivity index (χ2n) is 6.66. The van der Waals surface area contributed by atoms with Crippen molar-refractivity contribution in [1.82, 2.24) is 4.98 Å². The van der Waals surface area contributed by atoms with Crippen molar-refractivity contribution in [1.29, 1.82) is 0 Å². The highest BCUT2D eigenvalue weighted by atomic mass is 16.6. The summed E-state index contributed by atoms with van der Waals surface area (Å²) in [6.45, 7) is 0. The summed E-state index contributed by atoms with van der Waals surface area (Å²) in [5.74, 6) is 1.81. The number of hydrogen-bond acceptors (Lipinski definition) is 6. The summed E-state index contributed by atoms with van der Waals surface area (Å²) in [4.78, 5) is 16.6. The van der Waals surface area contributed by atoms with Gasteiger partial charge < -0.3 is 18.9 Å². The first-order valence-electron chi connectivity index (χ1n) is 9.81. The minimum absolute atomic E-state index is 0.222. The van der Waals surface area contributed by atoms with E-state index in [2.05, 4.69) is 4.98 Å². The van der Waals surface area contributed by atoms with Crippen molar-refractivity contribution < 1.29 is 23.7 Å². The van der Waals surface area contributed by atoms with Gasteiger partial charge in [-0.2, -0.15) is 0 Å². The molecule has 0 bridgehead atoms. The Morgan fingerprint density at radius 1 is 0.839 bits per heavy atom. The summed E-state index contributed by atoms with van der Waals surface area (Å²) >= 11 is 0. The van der Waals surface area contributed by atoms with E-state index in [1.165, 1.54) is 0 Å². The number of nitrogens with zero attached hydrogens (tertiary/aromatic N) is 1. The van der Waals surface area contributed by atoms with E-state index in [9.17, 15) is 4.79 Å². The number of carbonyl (C=O) groups is 1. The van der Waals surface area contributed by atoms with Crippen LogP contribution < -0.4 is 18.9 Å². The maximum atomic E-state index is 12.4. The zero-order chi connectivity index (χ0) is 22.1. The molecule has 1 aromatic heterocycles. The van der Waals surface area contributed by atoms with Crippen LogP contribution >= 0.6 is 0 Å². The first-order valence-corrected chi connectivity index (χ1v) is 9.81. The third-order valence-electron chi connectivity index (χ3n) is 4.61. The van der Waals surface area contributed by atoms with Crippen molar-refractivity contribution in [3.63, 3.8) is 0 Å². The molecule has 3 aromatic rings. The SMILES string of the molecule is COc1ccc(CCC(=O)Oc2ccc(/C=C/c3ccccn3)cc2OC)cc1OC. The van der Waals surface area contributed by atoms with Crippen molar-refractivity contribution in [2.45, 2.75) is 12.8 Å². The largest absolute Gasteiger partial charge is 0.493 e. The number of rotatable bonds is 9. The highest BCUT2D eigenvalue weighted by molar-refractivity contribution is 5.75. The monoisotopic (exact) mass is 419 g/mol. The molecule has 0 N–H and O–H groups in total. The topological polar surface area (TPSA) is 66.9 Å². The fourth-order valence-corrected chi connectivity index (χ4v) is 2.98. The highest BCUT2D eigenvalue weighted by Gasteiger charge is 2.12. The molecule has 0 amide bonds. The standard InChI is InChI=1S/C25H25NO5/c1-28-21-12-8-19(16-23(21)29-2)10-14-25(27)31-22-13-9-18(17-24(22)30-3)7-11-20-6-4-5-15-26-20/h4-9,11-13,15-17H,10,14H2,1-3H3/b11-7+. The Kier molecular flexibility index (Phi) is 7.65. The third kappa shape index (κ3) is 6.09. The first-order chi connectivity index (χ1) is 15.1. The molecular weight excluding hydrogens is 394 g/mol. The second kappa shape index (κ2) is 10.8. The van der Waals surface area contributed by atoms with E-state index in [4.69, 9.17) is 18.9 Å². The average molecular weight is 419 g/mol. The van der Waals surface area contributed by atoms with Crippen molar-refractivity contribution >= 4 is 18.1 Å². The van der Waals surface area contributed by atoms with E-state index in [0.717, 1.165) is 16.8 Å². The summed E-state index contributed by atoms with van der Waals surface area (Å²) in [5.41, 5.74) is 2.72. The van der Waals surface area contributed by atoms with E-state index in [-0.39, 0.29) is 12.4 Å². The molecule has 3 rings (SSSR count). The third-order valence-corrected chi connectivity index (χ3v) is 4.61. The van der Waals surface area contributed by atoms with Gasteiger partial charge >= 0.3 is 5.97 Å². The number of aromatic nitrogens is 1. The fraction of sp³-hybridized carbons (Fsp3) is 0.200. The van der Waals surface area contributed by atoms with E-state index in [1.54, 1.807) is 33.6 Å². The van der Waals surface area contributed by atoms with E-state index >= 15 is 0 Å². The molecule has 0 saturated heterocycles. The smallest absolute Gasteiger partial charge is 0.311 e. The maximum absolute atomic E-state index is 12.4. The molecular formula is C25H25NO5. The molecule has 31 heavy (non-hydrogen) atoms. The minimum atomic E-state index is -0.343. The van der Waals surface area contributed by atoms with E-state index in [1.807, 2.05) is 60.7 Å². The van der Waals surface area contributed by atoms with Gasteiger partial charge in [0.05, 0.1) is 27.0 Å². The van der Waals surface area contributed by atoms with Crippen molar-refractivity contribution in [3.8, 4) is 23.0 Å². The lowest BCUT2D eigenvalue weighted by atomic mass is 10.1. The lowest BCUT2D eigenvalue weighted by Gasteiger charge is -2.11. The van der Waals surface area contributed by atoms with E-state index < -0.39 is 0 Å². The van der Waals surface area contributed by atoms with Gasteiger partial charge in [-0.25, -0.2) is 0 Å². The van der Waals surface area contributed by atoms with Gasteiger partial charge in [0.1, 0.15) is 0 Å². The Bertz CT molecular complexity index is 1050. The van der Waals surface area contributed by atoms with Crippen LogP contribution in [0.15, 0.2) is 60.8 Å². The fourth-order valence-electron chi connectivity index (χ4n) is 2.98. The maximum Gasteiger partial charge on any atom is 0.311 e. The molecule has 0 aliphatic heterocycles. The molecule has 0 unspecified atom stereocenters. The summed E-state index contributed by atoms with van der Waals surface area (Å²) < 4.78 is 21.5. The Balaban J connectivity index is 1.62. The van der Waals surface area contributed by atoms with E-state index in [0.29, 0.717) is 29.4 Å². The van der Waals surface area contributed by atoms with Gasteiger partial charge in [0.2, 0.25) is 0 Å². The predicted octanol–water partition coefficient (Wildman–Crippen LogP) is 4.82. The first kappa shape index (κ1) is 21.9. The predicted molar refractivity (Wildman–Crippen MR) is 120 cm³/mol. The summed E-state index contributed by atoms with van der Waals surface area (Å²) in [6, 6.07) is 16.7. The van der Waals surface area contributed by atoms with Gasteiger partial charge in [0.25, 0.3) is 0 Å². The van der Waals surface area contributed by atoms with Crippen LogP contribution in [0, 0.1) is 0 Å². The number of hydrogen-bond donors (Lipinski definition) is 0. The summed E-state index contributed by atoms with van der Waals surface area (Å²) in [5, 5.41) is 0. The lowest BCUT2D eigenvalue weighted by Crippen LogP contribution is -2.10. The molecule has 6 nitrogen and oxygen atoms in total. The van der Waals surface area contributed by atoms with Crippen molar-refractivity contribution in [2.75, 3.05) is 21.3 Å². The molecule has 6 heteroatoms. The van der Waals surface area contributed by atoms with Gasteiger partial charge in [-0.05, 0) is 60.0 Å². The molecule has 0 spiro atoms. The van der Waals surface area contributed by atoms with Gasteiger partial charge in [0, 0.05) is 12.6 Å². The number of carbonyl (C=O) groups excluding carboxylic acids is 1. The highest BCUT2D eigenvalue weighted by Crippen LogP contribution is 2.30. The molecule has 0 saturated carbocycles. The van der Waals surface area contributed by atoms with Crippen LogP contribution in [0.2, 0.25) is 0 Å². The van der Waals surface area contributed by atoms with Gasteiger partial charge in [-0.15, -0.1) is 0 Å². The molecule has 160 valence electrons. The average Bonchev–Trinajstić information content (AvgIpc) is 2.82. The number of esters is 1. The quantitative estimate of drug-likeness (QED) is 0.366. The van der Waals surface area contributed by atoms with Gasteiger partial charge in [0.15, 0.2) is 23.0 Å². The number of pyridine rings is 1. The Hall–Kier alpha value is -3.80. The number of methoxy groups -OCH3 is 3. The molecule has 0 fully saturated rings. The Morgan fingerprint density at radius 3 is 2.29 bits per heavy atom. The van der Waals surface area contributed by atoms with Crippen LogP contribution in [0.3, 0.4) is 0 Å². The van der Waals surface area contributed by atoms with Crippen LogP contribution in [0.4, 0.5) is 0 Å². The number of ether oxygens (including phenoxy) is 4. The zero-order valence-corrected chi connectivity index (χ0v) is 17.8. The Morgan fingerprint density at radius 2 is 1.58 bits per heavy atom. The van der Waals surface area contributed by atoms with Crippen LogP contribution in [0.1, 0.15) is 23.2 Å². The van der Waals surface area contributed by atoms with Crippen molar-refractivity contribution in [2.24, 2.45) is 0 Å². The zero-order valence-electron chi connectivity index (χ0n) is 17.8. The van der Waals surface area contributed by atoms with Crippen LogP contribution in [-0.4, -0.2) is 32.3 Å². The number of aryl methyl sites for hydroxylation is 1. The van der Waals surface area contributed by atoms with Crippen LogP contribution in [-0.2, 0) is 11.2 Å². The Labute approximate surface area is 182 Å². The molecule has 0 aliphatic rings. The van der Waals surface area contributed by atoms with Crippen LogP contribution in [0.5, 0.6) is 23.0 Å². The van der Waals surface area contributed by atoms with Crippen LogP contribution in [0.25, 0.3) is 12.2 Å². The number of benzene rings is 2. The normalized spacial score (nSPS) is 10.7.